The minimum Gasteiger partial charge on any atom is -0.423 e. The first-order valence-electron chi connectivity index (χ1n) is 8.45. The molecule has 1 aliphatic rings. The predicted octanol–water partition coefficient (Wildman–Crippen LogP) is 5.21. The molecule has 3 aromatic rings. The summed E-state index contributed by atoms with van der Waals surface area (Å²) in [6.45, 7) is 0. The van der Waals surface area contributed by atoms with Crippen molar-refractivity contribution < 1.29 is 13.9 Å². The number of carbonyl (C=O) groups is 1. The second-order valence-electron chi connectivity index (χ2n) is 6.25. The van der Waals surface area contributed by atoms with Crippen molar-refractivity contribution in [3.63, 3.8) is 0 Å². The quantitative estimate of drug-likeness (QED) is 0.262. The molecule has 136 valence electrons. The van der Waals surface area contributed by atoms with Gasteiger partial charge in [-0.1, -0.05) is 29.3 Å². The lowest BCUT2D eigenvalue weighted by molar-refractivity contribution is -0.128. The first kappa shape index (κ1) is 17.8. The van der Waals surface area contributed by atoms with Gasteiger partial charge in [0, 0.05) is 38.7 Å². The Hall–Kier alpha value is -2.56. The lowest BCUT2D eigenvalue weighted by atomic mass is 10.1. The van der Waals surface area contributed by atoms with Gasteiger partial charge in [-0.3, -0.25) is 0 Å². The molecule has 2 aromatic carbocycles. The van der Waals surface area contributed by atoms with Crippen LogP contribution in [0.3, 0.4) is 0 Å². The largest absolute Gasteiger partial charge is 0.423 e. The highest BCUT2D eigenvalue weighted by atomic mass is 35.5. The van der Waals surface area contributed by atoms with Crippen molar-refractivity contribution in [3.8, 4) is 5.75 Å². The summed E-state index contributed by atoms with van der Waals surface area (Å²) in [4.78, 5) is 24.2. The van der Waals surface area contributed by atoms with Crippen LogP contribution in [0.4, 0.5) is 0 Å². The van der Waals surface area contributed by atoms with Crippen molar-refractivity contribution in [2.24, 2.45) is 0 Å². The lowest BCUT2D eigenvalue weighted by Crippen LogP contribution is -2.07. The van der Waals surface area contributed by atoms with Gasteiger partial charge in [0.05, 0.1) is 0 Å². The Kier molecular flexibility index (Phi) is 4.77. The van der Waals surface area contributed by atoms with Crippen LogP contribution in [0.15, 0.2) is 51.7 Å². The molecule has 1 aliphatic carbocycles. The van der Waals surface area contributed by atoms with Crippen molar-refractivity contribution in [2.45, 2.75) is 19.3 Å². The summed E-state index contributed by atoms with van der Waals surface area (Å²) in [5.74, 6) is -0.294. The van der Waals surface area contributed by atoms with Crippen molar-refractivity contribution >= 4 is 46.2 Å². The van der Waals surface area contributed by atoms with Crippen molar-refractivity contribution in [1.29, 1.82) is 0 Å². The van der Waals surface area contributed by atoms with Crippen molar-refractivity contribution in [1.82, 2.24) is 0 Å². The fourth-order valence-electron chi connectivity index (χ4n) is 3.30. The minimum absolute atomic E-state index is 0.295. The molecule has 4 nitrogen and oxygen atoms in total. The monoisotopic (exact) mass is 400 g/mol. The SMILES string of the molecule is O=C(/C=C/c1c(Cl)cccc1Cl)Oc1ccc2c3c(c(=O)oc2c1)CCC3. The molecular weight excluding hydrogens is 387 g/mol. The van der Waals surface area contributed by atoms with E-state index < -0.39 is 5.97 Å². The average Bonchev–Trinajstić information content (AvgIpc) is 3.12. The van der Waals surface area contributed by atoms with E-state index in [1.807, 2.05) is 6.07 Å². The maximum atomic E-state index is 12.1. The smallest absolute Gasteiger partial charge is 0.339 e. The van der Waals surface area contributed by atoms with E-state index in [2.05, 4.69) is 0 Å². The number of benzene rings is 2. The van der Waals surface area contributed by atoms with Gasteiger partial charge in [-0.05, 0) is 55.2 Å². The van der Waals surface area contributed by atoms with Crippen LogP contribution >= 0.6 is 23.2 Å². The van der Waals surface area contributed by atoms with Gasteiger partial charge in [-0.25, -0.2) is 9.59 Å². The number of rotatable bonds is 3. The molecule has 0 radical (unpaired) electrons. The summed E-state index contributed by atoms with van der Waals surface area (Å²) in [6.07, 6.45) is 5.31. The number of aryl methyl sites for hydroxylation is 1. The van der Waals surface area contributed by atoms with E-state index in [1.54, 1.807) is 30.3 Å². The molecule has 0 amide bonds. The molecule has 0 bridgehead atoms. The van der Waals surface area contributed by atoms with Crippen LogP contribution in [0.5, 0.6) is 5.75 Å². The third-order valence-corrected chi connectivity index (χ3v) is 5.21. The van der Waals surface area contributed by atoms with E-state index in [-0.39, 0.29) is 5.63 Å². The zero-order valence-corrected chi connectivity index (χ0v) is 15.6. The fraction of sp³-hybridized carbons (Fsp3) is 0.143. The second kappa shape index (κ2) is 7.22. The van der Waals surface area contributed by atoms with Gasteiger partial charge in [0.15, 0.2) is 0 Å². The Morgan fingerprint density at radius 1 is 1.07 bits per heavy atom. The van der Waals surface area contributed by atoms with Gasteiger partial charge in [0.2, 0.25) is 0 Å². The first-order chi connectivity index (χ1) is 13.0. The fourth-order valence-corrected chi connectivity index (χ4v) is 3.82. The predicted molar refractivity (Wildman–Crippen MR) is 106 cm³/mol. The number of halogens is 2. The van der Waals surface area contributed by atoms with E-state index in [0.717, 1.165) is 35.8 Å². The maximum absolute atomic E-state index is 12.1. The highest BCUT2D eigenvalue weighted by molar-refractivity contribution is 6.37. The van der Waals surface area contributed by atoms with E-state index >= 15 is 0 Å². The van der Waals surface area contributed by atoms with Crippen LogP contribution in [0.2, 0.25) is 10.0 Å². The Balaban J connectivity index is 1.58. The Labute approximate surface area is 165 Å². The van der Waals surface area contributed by atoms with Crippen LogP contribution in [0.25, 0.3) is 17.0 Å². The zero-order valence-electron chi connectivity index (χ0n) is 14.1. The van der Waals surface area contributed by atoms with Gasteiger partial charge in [0.25, 0.3) is 0 Å². The van der Waals surface area contributed by atoms with Crippen LogP contribution in [-0.2, 0) is 17.6 Å². The first-order valence-corrected chi connectivity index (χ1v) is 9.21. The standard InChI is InChI=1S/C21H14Cl2O4/c22-17-5-2-6-18(23)16(17)9-10-20(24)26-12-7-8-14-13-3-1-4-15(13)21(25)27-19(14)11-12/h2,5-11H,1,3-4H2/b10-9+. The number of hydrogen-bond acceptors (Lipinski definition) is 4. The lowest BCUT2D eigenvalue weighted by Gasteiger charge is -2.06. The molecule has 6 heteroatoms. The summed E-state index contributed by atoms with van der Waals surface area (Å²) in [5, 5.41) is 1.76. The molecule has 0 fully saturated rings. The summed E-state index contributed by atoms with van der Waals surface area (Å²) in [6, 6.07) is 10.2. The molecular formula is C21H14Cl2O4. The topological polar surface area (TPSA) is 56.5 Å². The minimum atomic E-state index is -0.589. The zero-order chi connectivity index (χ0) is 19.0. The van der Waals surface area contributed by atoms with Crippen LogP contribution < -0.4 is 10.4 Å². The molecule has 0 saturated heterocycles. The van der Waals surface area contributed by atoms with E-state index in [9.17, 15) is 9.59 Å². The van der Waals surface area contributed by atoms with Crippen LogP contribution in [0.1, 0.15) is 23.1 Å². The molecule has 0 saturated carbocycles. The van der Waals surface area contributed by atoms with Crippen molar-refractivity contribution in [3.05, 3.63) is 79.6 Å². The number of hydrogen-bond donors (Lipinski definition) is 0. The average molecular weight is 401 g/mol. The third kappa shape index (κ3) is 3.51. The Bertz CT molecular complexity index is 1120. The summed E-state index contributed by atoms with van der Waals surface area (Å²) in [7, 11) is 0. The number of esters is 1. The molecule has 27 heavy (non-hydrogen) atoms. The van der Waals surface area contributed by atoms with Crippen LogP contribution in [-0.4, -0.2) is 5.97 Å². The van der Waals surface area contributed by atoms with Gasteiger partial charge < -0.3 is 9.15 Å². The number of ether oxygens (including phenoxy) is 1. The molecule has 0 aliphatic heterocycles. The van der Waals surface area contributed by atoms with E-state index in [0.29, 0.717) is 26.9 Å². The maximum Gasteiger partial charge on any atom is 0.339 e. The van der Waals surface area contributed by atoms with E-state index in [1.165, 1.54) is 12.2 Å². The Morgan fingerprint density at radius 2 is 1.81 bits per heavy atom. The third-order valence-electron chi connectivity index (χ3n) is 4.55. The summed E-state index contributed by atoms with van der Waals surface area (Å²) in [5.41, 5.74) is 2.44. The van der Waals surface area contributed by atoms with E-state index in [4.69, 9.17) is 32.4 Å². The molecule has 0 N–H and O–H groups in total. The highest BCUT2D eigenvalue weighted by Gasteiger charge is 2.19. The highest BCUT2D eigenvalue weighted by Crippen LogP contribution is 2.30. The second-order valence-corrected chi connectivity index (χ2v) is 7.06. The normalized spacial score (nSPS) is 13.3. The van der Waals surface area contributed by atoms with Gasteiger partial charge in [-0.2, -0.15) is 0 Å². The molecule has 4 rings (SSSR count). The van der Waals surface area contributed by atoms with Crippen molar-refractivity contribution in [2.75, 3.05) is 0 Å². The molecule has 1 aromatic heterocycles. The summed E-state index contributed by atoms with van der Waals surface area (Å²) < 4.78 is 10.7. The molecule has 1 heterocycles. The Morgan fingerprint density at radius 3 is 2.59 bits per heavy atom. The van der Waals surface area contributed by atoms with Crippen LogP contribution in [0, 0.1) is 0 Å². The summed E-state index contributed by atoms with van der Waals surface area (Å²) >= 11 is 12.1. The molecule has 0 spiro atoms. The number of carbonyl (C=O) groups excluding carboxylic acids is 1. The van der Waals surface area contributed by atoms with Gasteiger partial charge in [0.1, 0.15) is 11.3 Å². The molecule has 0 unspecified atom stereocenters. The van der Waals surface area contributed by atoms with Gasteiger partial charge >= 0.3 is 11.6 Å². The molecule has 0 atom stereocenters. The number of fused-ring (bicyclic) bond motifs is 3. The van der Waals surface area contributed by atoms with Gasteiger partial charge in [-0.15, -0.1) is 0 Å².